The van der Waals surface area contributed by atoms with E-state index in [1.807, 2.05) is 25.1 Å². The number of pyridine rings is 1. The van der Waals surface area contributed by atoms with Crippen LogP contribution in [0.25, 0.3) is 0 Å². The van der Waals surface area contributed by atoms with Crippen LogP contribution in [0.4, 0.5) is 0 Å². The molecule has 0 aromatic carbocycles. The molecule has 1 aromatic rings. The fraction of sp³-hybridized carbons (Fsp3) is 0.500. The molecule has 1 aromatic heterocycles. The largest absolute Gasteiger partial charge is 0.392 e. The Kier molecular flexibility index (Phi) is 3.86. The lowest BCUT2D eigenvalue weighted by atomic mass is 10.2. The molecule has 0 fully saturated rings. The number of hydrogen-bond donors (Lipinski definition) is 2. The maximum atomic E-state index is 9.07. The second-order valence-corrected chi connectivity index (χ2v) is 3.23. The zero-order valence-electron chi connectivity index (χ0n) is 8.07. The lowest BCUT2D eigenvalue weighted by Gasteiger charge is -2.14. The first kappa shape index (κ1) is 10.2. The molecule has 3 nitrogen and oxygen atoms in total. The molecule has 0 aliphatic rings. The first-order valence-electron chi connectivity index (χ1n) is 4.52. The van der Waals surface area contributed by atoms with E-state index in [2.05, 4.69) is 10.3 Å². The van der Waals surface area contributed by atoms with Crippen LogP contribution in [0.15, 0.2) is 24.4 Å². The van der Waals surface area contributed by atoms with Crippen LogP contribution in [0, 0.1) is 0 Å². The highest BCUT2D eigenvalue weighted by atomic mass is 16.3. The quantitative estimate of drug-likeness (QED) is 0.729. The van der Waals surface area contributed by atoms with Crippen LogP contribution in [-0.4, -0.2) is 22.7 Å². The molecule has 2 atom stereocenters. The third-order valence-electron chi connectivity index (χ3n) is 1.85. The standard InChI is InChI=1S/C10H16N2O/c1-8(13)7-12-9(2)10-5-3-4-6-11-10/h3-6,8-9,12-13H,7H2,1-2H3/t8-,9+/m0/s1. The van der Waals surface area contributed by atoms with E-state index in [1.54, 1.807) is 13.1 Å². The summed E-state index contributed by atoms with van der Waals surface area (Å²) in [6.07, 6.45) is 1.46. The number of aliphatic hydroxyl groups is 1. The van der Waals surface area contributed by atoms with E-state index < -0.39 is 0 Å². The predicted molar refractivity (Wildman–Crippen MR) is 52.3 cm³/mol. The Hall–Kier alpha value is -0.930. The van der Waals surface area contributed by atoms with Gasteiger partial charge >= 0.3 is 0 Å². The van der Waals surface area contributed by atoms with Crippen molar-refractivity contribution < 1.29 is 5.11 Å². The van der Waals surface area contributed by atoms with E-state index in [9.17, 15) is 0 Å². The molecule has 0 bridgehead atoms. The van der Waals surface area contributed by atoms with Crippen LogP contribution < -0.4 is 5.32 Å². The van der Waals surface area contributed by atoms with Gasteiger partial charge in [-0.2, -0.15) is 0 Å². The van der Waals surface area contributed by atoms with Crippen molar-refractivity contribution in [2.75, 3.05) is 6.54 Å². The summed E-state index contributed by atoms with van der Waals surface area (Å²) in [5.74, 6) is 0. The summed E-state index contributed by atoms with van der Waals surface area (Å²) in [5.41, 5.74) is 1.00. The van der Waals surface area contributed by atoms with Crippen molar-refractivity contribution in [3.63, 3.8) is 0 Å². The Bertz CT molecular complexity index is 236. The molecule has 3 heteroatoms. The first-order valence-corrected chi connectivity index (χ1v) is 4.52. The van der Waals surface area contributed by atoms with Gasteiger partial charge in [-0.05, 0) is 26.0 Å². The zero-order chi connectivity index (χ0) is 9.68. The predicted octanol–water partition coefficient (Wildman–Crippen LogP) is 1.11. The summed E-state index contributed by atoms with van der Waals surface area (Å²) in [5, 5.41) is 12.3. The molecule has 13 heavy (non-hydrogen) atoms. The number of hydrogen-bond acceptors (Lipinski definition) is 3. The van der Waals surface area contributed by atoms with Crippen LogP contribution in [0.2, 0.25) is 0 Å². The topological polar surface area (TPSA) is 45.1 Å². The van der Waals surface area contributed by atoms with Crippen molar-refractivity contribution in [3.05, 3.63) is 30.1 Å². The Morgan fingerprint density at radius 2 is 2.23 bits per heavy atom. The third-order valence-corrected chi connectivity index (χ3v) is 1.85. The van der Waals surface area contributed by atoms with E-state index in [-0.39, 0.29) is 12.1 Å². The van der Waals surface area contributed by atoms with Crippen LogP contribution in [-0.2, 0) is 0 Å². The van der Waals surface area contributed by atoms with Crippen molar-refractivity contribution in [1.82, 2.24) is 10.3 Å². The van der Waals surface area contributed by atoms with E-state index >= 15 is 0 Å². The molecule has 0 radical (unpaired) electrons. The third kappa shape index (κ3) is 3.53. The maximum Gasteiger partial charge on any atom is 0.0636 e. The number of aliphatic hydroxyl groups excluding tert-OH is 1. The molecule has 0 unspecified atom stereocenters. The monoisotopic (exact) mass is 180 g/mol. The van der Waals surface area contributed by atoms with Crippen LogP contribution in [0.1, 0.15) is 25.6 Å². The molecule has 0 saturated heterocycles. The number of nitrogens with zero attached hydrogens (tertiary/aromatic N) is 1. The average Bonchev–Trinajstić information content (AvgIpc) is 2.15. The minimum Gasteiger partial charge on any atom is -0.392 e. The van der Waals surface area contributed by atoms with Crippen LogP contribution in [0.5, 0.6) is 0 Å². The fourth-order valence-electron chi connectivity index (χ4n) is 1.08. The van der Waals surface area contributed by atoms with E-state index in [4.69, 9.17) is 5.11 Å². The van der Waals surface area contributed by atoms with E-state index in [0.29, 0.717) is 6.54 Å². The average molecular weight is 180 g/mol. The molecule has 0 saturated carbocycles. The SMILES string of the molecule is C[C@H](O)CN[C@H](C)c1ccccn1. The van der Waals surface area contributed by atoms with Gasteiger partial charge in [0.05, 0.1) is 11.8 Å². The maximum absolute atomic E-state index is 9.07. The second kappa shape index (κ2) is 4.94. The smallest absolute Gasteiger partial charge is 0.0636 e. The van der Waals surface area contributed by atoms with Crippen LogP contribution in [0.3, 0.4) is 0 Å². The Balaban J connectivity index is 2.44. The van der Waals surface area contributed by atoms with Gasteiger partial charge in [0.1, 0.15) is 0 Å². The van der Waals surface area contributed by atoms with Gasteiger partial charge < -0.3 is 10.4 Å². The van der Waals surface area contributed by atoms with Crippen molar-refractivity contribution >= 4 is 0 Å². The fourth-order valence-corrected chi connectivity index (χ4v) is 1.08. The summed E-state index contributed by atoms with van der Waals surface area (Å²) >= 11 is 0. The molecule has 1 rings (SSSR count). The van der Waals surface area contributed by atoms with Crippen molar-refractivity contribution in [2.24, 2.45) is 0 Å². The van der Waals surface area contributed by atoms with E-state index in [0.717, 1.165) is 5.69 Å². The highest BCUT2D eigenvalue weighted by molar-refractivity contribution is 5.07. The first-order chi connectivity index (χ1) is 6.20. The Labute approximate surface area is 78.8 Å². The van der Waals surface area contributed by atoms with Gasteiger partial charge in [-0.15, -0.1) is 0 Å². The summed E-state index contributed by atoms with van der Waals surface area (Å²) in [6, 6.07) is 6.02. The molecule has 0 aliphatic carbocycles. The van der Waals surface area contributed by atoms with Gasteiger partial charge in [0.2, 0.25) is 0 Å². The summed E-state index contributed by atoms with van der Waals surface area (Å²) in [7, 11) is 0. The minimum absolute atomic E-state index is 0.191. The lowest BCUT2D eigenvalue weighted by Crippen LogP contribution is -2.27. The number of rotatable bonds is 4. The lowest BCUT2D eigenvalue weighted by molar-refractivity contribution is 0.187. The summed E-state index contributed by atoms with van der Waals surface area (Å²) in [4.78, 5) is 4.21. The highest BCUT2D eigenvalue weighted by Gasteiger charge is 2.05. The van der Waals surface area contributed by atoms with Gasteiger partial charge in [0.15, 0.2) is 0 Å². The van der Waals surface area contributed by atoms with Gasteiger partial charge in [-0.25, -0.2) is 0 Å². The summed E-state index contributed by atoms with van der Waals surface area (Å²) < 4.78 is 0. The second-order valence-electron chi connectivity index (χ2n) is 3.23. The summed E-state index contributed by atoms with van der Waals surface area (Å²) in [6.45, 7) is 4.39. The normalized spacial score (nSPS) is 15.3. The van der Waals surface area contributed by atoms with Gasteiger partial charge in [0, 0.05) is 18.8 Å². The molecule has 1 heterocycles. The Morgan fingerprint density at radius 1 is 1.46 bits per heavy atom. The van der Waals surface area contributed by atoms with Gasteiger partial charge in [-0.3, -0.25) is 4.98 Å². The number of aromatic nitrogens is 1. The minimum atomic E-state index is -0.314. The van der Waals surface area contributed by atoms with Crippen LogP contribution >= 0.6 is 0 Å². The molecule has 0 aliphatic heterocycles. The highest BCUT2D eigenvalue weighted by Crippen LogP contribution is 2.06. The molecular weight excluding hydrogens is 164 g/mol. The van der Waals surface area contributed by atoms with E-state index in [1.165, 1.54) is 0 Å². The number of nitrogens with one attached hydrogen (secondary N) is 1. The molecule has 72 valence electrons. The van der Waals surface area contributed by atoms with Crippen molar-refractivity contribution in [2.45, 2.75) is 26.0 Å². The zero-order valence-corrected chi connectivity index (χ0v) is 8.07. The molecule has 2 N–H and O–H groups in total. The molecule has 0 amide bonds. The van der Waals surface area contributed by atoms with Crippen molar-refractivity contribution in [3.8, 4) is 0 Å². The molecule has 0 spiro atoms. The van der Waals surface area contributed by atoms with Crippen molar-refractivity contribution in [1.29, 1.82) is 0 Å². The van der Waals surface area contributed by atoms with Gasteiger partial charge in [0.25, 0.3) is 0 Å². The molecular formula is C10H16N2O. The Morgan fingerprint density at radius 3 is 2.77 bits per heavy atom. The van der Waals surface area contributed by atoms with Gasteiger partial charge in [-0.1, -0.05) is 6.07 Å².